The molecule has 1 unspecified atom stereocenters. The van der Waals surface area contributed by atoms with Crippen molar-refractivity contribution in [2.24, 2.45) is 0 Å². The summed E-state index contributed by atoms with van der Waals surface area (Å²) in [5, 5.41) is 0.101. The highest BCUT2D eigenvalue weighted by Gasteiger charge is 2.09. The van der Waals surface area contributed by atoms with Gasteiger partial charge in [-0.15, -0.1) is 0 Å². The van der Waals surface area contributed by atoms with E-state index in [2.05, 4.69) is 29.5 Å². The maximum atomic E-state index is 11.0. The van der Waals surface area contributed by atoms with Crippen LogP contribution in [0.1, 0.15) is 16.4 Å². The van der Waals surface area contributed by atoms with Crippen molar-refractivity contribution in [1.29, 1.82) is 0 Å². The second kappa shape index (κ2) is 7.01. The summed E-state index contributed by atoms with van der Waals surface area (Å²) < 4.78 is 9.37. The normalized spacial score (nSPS) is 11.7. The van der Waals surface area contributed by atoms with Gasteiger partial charge in [-0.3, -0.25) is 0 Å². The Bertz CT molecular complexity index is 552. The van der Waals surface area contributed by atoms with Crippen molar-refractivity contribution in [1.82, 2.24) is 0 Å². The van der Waals surface area contributed by atoms with Crippen LogP contribution in [-0.2, 0) is 11.2 Å². The zero-order chi connectivity index (χ0) is 14.4. The number of hydrogen-bond acceptors (Lipinski definition) is 4. The highest BCUT2D eigenvalue weighted by Crippen LogP contribution is 2.26. The van der Waals surface area contributed by atoms with Crippen LogP contribution in [0.4, 0.5) is 4.79 Å². The molecule has 0 spiro atoms. The van der Waals surface area contributed by atoms with E-state index in [0.717, 1.165) is 12.0 Å². The third kappa shape index (κ3) is 4.03. The first-order chi connectivity index (χ1) is 9.69. The molecule has 0 heterocycles. The fourth-order valence-electron chi connectivity index (χ4n) is 1.85. The van der Waals surface area contributed by atoms with E-state index in [-0.39, 0.29) is 5.25 Å². The van der Waals surface area contributed by atoms with Gasteiger partial charge in [-0.25, -0.2) is 4.79 Å². The van der Waals surface area contributed by atoms with Crippen molar-refractivity contribution < 1.29 is 14.3 Å². The van der Waals surface area contributed by atoms with Gasteiger partial charge in [-0.2, -0.15) is 12.6 Å². The van der Waals surface area contributed by atoms with Gasteiger partial charge in [0.25, 0.3) is 0 Å². The Morgan fingerprint density at radius 3 is 2.35 bits per heavy atom. The van der Waals surface area contributed by atoms with Crippen LogP contribution in [0.15, 0.2) is 54.6 Å². The van der Waals surface area contributed by atoms with Crippen LogP contribution in [0, 0.1) is 0 Å². The van der Waals surface area contributed by atoms with Gasteiger partial charge in [0.15, 0.2) is 0 Å². The van der Waals surface area contributed by atoms with Gasteiger partial charge in [0.2, 0.25) is 0 Å². The predicted octanol–water partition coefficient (Wildman–Crippen LogP) is 4.05. The Labute approximate surface area is 123 Å². The smallest absolute Gasteiger partial charge is 0.437 e. The molecule has 4 heteroatoms. The molecular weight excluding hydrogens is 272 g/mol. The van der Waals surface area contributed by atoms with Crippen molar-refractivity contribution in [2.75, 3.05) is 7.11 Å². The number of carbonyl (C=O) groups is 1. The van der Waals surface area contributed by atoms with Crippen molar-refractivity contribution in [3.05, 3.63) is 65.7 Å². The summed E-state index contributed by atoms with van der Waals surface area (Å²) in [7, 11) is 1.28. The van der Waals surface area contributed by atoms with Crippen LogP contribution in [0.3, 0.4) is 0 Å². The maximum absolute atomic E-state index is 11.0. The predicted molar refractivity (Wildman–Crippen MR) is 81.3 cm³/mol. The molecule has 1 atom stereocenters. The molecule has 0 saturated heterocycles. The Morgan fingerprint density at radius 1 is 1.10 bits per heavy atom. The third-order valence-electron chi connectivity index (χ3n) is 2.90. The number of carbonyl (C=O) groups excluding carboxylic acids is 1. The average Bonchev–Trinajstić information content (AvgIpc) is 2.49. The standard InChI is InChI=1S/C16H16O3S/c1-18-16(17)19-14-9-7-13(8-10-14)15(20)11-12-5-3-2-4-6-12/h2-10,15,20H,11H2,1H3. The summed E-state index contributed by atoms with van der Waals surface area (Å²) in [6.07, 6.45) is 0.130. The first-order valence-electron chi connectivity index (χ1n) is 6.27. The van der Waals surface area contributed by atoms with Gasteiger partial charge in [0.05, 0.1) is 7.11 Å². The number of methoxy groups -OCH3 is 1. The van der Waals surface area contributed by atoms with Gasteiger partial charge in [-0.05, 0) is 29.7 Å². The molecule has 0 aliphatic rings. The molecule has 2 aromatic rings. The summed E-state index contributed by atoms with van der Waals surface area (Å²) in [6.45, 7) is 0. The molecule has 0 fully saturated rings. The Balaban J connectivity index is 2.00. The summed E-state index contributed by atoms with van der Waals surface area (Å²) in [5.74, 6) is 0.459. The fourth-order valence-corrected chi connectivity index (χ4v) is 2.23. The van der Waals surface area contributed by atoms with E-state index in [1.807, 2.05) is 30.3 Å². The van der Waals surface area contributed by atoms with Crippen LogP contribution < -0.4 is 4.74 Å². The van der Waals surface area contributed by atoms with E-state index >= 15 is 0 Å². The van der Waals surface area contributed by atoms with E-state index in [1.165, 1.54) is 12.7 Å². The number of benzene rings is 2. The Morgan fingerprint density at radius 2 is 1.75 bits per heavy atom. The molecule has 2 rings (SSSR count). The molecule has 0 aliphatic heterocycles. The molecule has 0 N–H and O–H groups in total. The van der Waals surface area contributed by atoms with Gasteiger partial charge in [-0.1, -0.05) is 42.5 Å². The Hall–Kier alpha value is -1.94. The van der Waals surface area contributed by atoms with E-state index in [9.17, 15) is 4.79 Å². The molecule has 0 saturated carbocycles. The largest absolute Gasteiger partial charge is 0.513 e. The monoisotopic (exact) mass is 288 g/mol. The lowest BCUT2D eigenvalue weighted by atomic mass is 10.0. The molecular formula is C16H16O3S. The molecule has 0 aromatic heterocycles. The van der Waals surface area contributed by atoms with Gasteiger partial charge < -0.3 is 9.47 Å². The van der Waals surface area contributed by atoms with Crippen LogP contribution in [-0.4, -0.2) is 13.3 Å². The molecule has 3 nitrogen and oxygen atoms in total. The third-order valence-corrected chi connectivity index (χ3v) is 3.39. The van der Waals surface area contributed by atoms with E-state index < -0.39 is 6.16 Å². The molecule has 0 radical (unpaired) electrons. The molecule has 0 bridgehead atoms. The fraction of sp³-hybridized carbons (Fsp3) is 0.188. The van der Waals surface area contributed by atoms with Gasteiger partial charge in [0.1, 0.15) is 5.75 Å². The second-order valence-electron chi connectivity index (χ2n) is 4.33. The van der Waals surface area contributed by atoms with E-state index in [1.54, 1.807) is 12.1 Å². The minimum atomic E-state index is -0.718. The summed E-state index contributed by atoms with van der Waals surface area (Å²) >= 11 is 4.62. The van der Waals surface area contributed by atoms with Crippen molar-refractivity contribution in [3.63, 3.8) is 0 Å². The zero-order valence-electron chi connectivity index (χ0n) is 11.2. The minimum absolute atomic E-state index is 0.101. The molecule has 0 amide bonds. The lowest BCUT2D eigenvalue weighted by Crippen LogP contribution is -2.07. The van der Waals surface area contributed by atoms with Crippen molar-refractivity contribution in [2.45, 2.75) is 11.7 Å². The summed E-state index contributed by atoms with van der Waals surface area (Å²) in [5.41, 5.74) is 2.32. The van der Waals surface area contributed by atoms with E-state index in [0.29, 0.717) is 5.75 Å². The lowest BCUT2D eigenvalue weighted by molar-refractivity contribution is 0.121. The van der Waals surface area contributed by atoms with Crippen LogP contribution in [0.2, 0.25) is 0 Å². The first kappa shape index (κ1) is 14.5. The zero-order valence-corrected chi connectivity index (χ0v) is 12.0. The van der Waals surface area contributed by atoms with Crippen LogP contribution in [0.5, 0.6) is 5.75 Å². The topological polar surface area (TPSA) is 35.5 Å². The lowest BCUT2D eigenvalue weighted by Gasteiger charge is -2.12. The van der Waals surface area contributed by atoms with Crippen molar-refractivity contribution in [3.8, 4) is 5.75 Å². The minimum Gasteiger partial charge on any atom is -0.437 e. The second-order valence-corrected chi connectivity index (χ2v) is 4.95. The molecule has 2 aromatic carbocycles. The first-order valence-corrected chi connectivity index (χ1v) is 6.78. The number of hydrogen-bond donors (Lipinski definition) is 1. The Kier molecular flexibility index (Phi) is 5.07. The number of thiol groups is 1. The number of rotatable bonds is 4. The maximum Gasteiger partial charge on any atom is 0.513 e. The van der Waals surface area contributed by atoms with Gasteiger partial charge in [0, 0.05) is 5.25 Å². The summed E-state index contributed by atoms with van der Waals surface area (Å²) in [4.78, 5) is 11.0. The molecule has 104 valence electrons. The summed E-state index contributed by atoms with van der Waals surface area (Å²) in [6, 6.07) is 17.5. The quantitative estimate of drug-likeness (QED) is 0.524. The highest BCUT2D eigenvalue weighted by atomic mass is 32.1. The van der Waals surface area contributed by atoms with Gasteiger partial charge >= 0.3 is 6.16 Å². The molecule has 20 heavy (non-hydrogen) atoms. The van der Waals surface area contributed by atoms with E-state index in [4.69, 9.17) is 4.74 Å². The van der Waals surface area contributed by atoms with Crippen LogP contribution >= 0.6 is 12.6 Å². The molecule has 0 aliphatic carbocycles. The number of ether oxygens (including phenoxy) is 2. The SMILES string of the molecule is COC(=O)Oc1ccc(C(S)Cc2ccccc2)cc1. The highest BCUT2D eigenvalue weighted by molar-refractivity contribution is 7.80. The van der Waals surface area contributed by atoms with Crippen LogP contribution in [0.25, 0.3) is 0 Å². The average molecular weight is 288 g/mol. The van der Waals surface area contributed by atoms with Crippen molar-refractivity contribution >= 4 is 18.8 Å².